The van der Waals surface area contributed by atoms with Gasteiger partial charge in [0.1, 0.15) is 0 Å². The van der Waals surface area contributed by atoms with Crippen molar-refractivity contribution in [3.05, 3.63) is 0 Å². The van der Waals surface area contributed by atoms with Crippen molar-refractivity contribution < 1.29 is 9.59 Å². The van der Waals surface area contributed by atoms with Crippen molar-refractivity contribution in [3.63, 3.8) is 0 Å². The molecule has 0 aromatic rings. The van der Waals surface area contributed by atoms with Crippen LogP contribution in [0.25, 0.3) is 0 Å². The summed E-state index contributed by atoms with van der Waals surface area (Å²) in [6, 6.07) is 0.384. The maximum absolute atomic E-state index is 13.0. The maximum Gasteiger partial charge on any atom is 0.152 e. The molecule has 0 fully saturated rings. The second kappa shape index (κ2) is 13.5. The summed E-state index contributed by atoms with van der Waals surface area (Å²) in [6.07, 6.45) is 3.51. The van der Waals surface area contributed by atoms with Gasteiger partial charge in [-0.15, -0.1) is 0 Å². The van der Waals surface area contributed by atoms with Crippen molar-refractivity contribution in [3.8, 4) is 0 Å². The van der Waals surface area contributed by atoms with Gasteiger partial charge in [0.2, 0.25) is 0 Å². The predicted molar refractivity (Wildman–Crippen MR) is 121 cm³/mol. The lowest BCUT2D eigenvalue weighted by molar-refractivity contribution is -0.126. The van der Waals surface area contributed by atoms with Crippen molar-refractivity contribution in [2.45, 2.75) is 119 Å². The predicted octanol–water partition coefficient (Wildman–Crippen LogP) is 5.00. The molecule has 0 saturated heterocycles. The Morgan fingerprint density at radius 2 is 1.11 bits per heavy atom. The van der Waals surface area contributed by atoms with Crippen LogP contribution in [0.5, 0.6) is 0 Å². The van der Waals surface area contributed by atoms with Crippen LogP contribution < -0.4 is 10.6 Å². The molecular weight excluding hydrogens is 348 g/mol. The van der Waals surface area contributed by atoms with Gasteiger partial charge in [-0.2, -0.15) is 0 Å². The number of rotatable bonds is 15. The standard InChI is InChI=1S/C24H48N2O2/c1-15(2)13-21(23(27)17(5)6)26-20(10)12-11-19(9)24(28)22(14-16(3)4)25-18(7)8/h15-22,25-26H,11-14H2,1-10H3/t19?,20?,21-,22+/m1/s1. The molecule has 0 spiro atoms. The highest BCUT2D eigenvalue weighted by Crippen LogP contribution is 2.17. The van der Waals surface area contributed by atoms with Gasteiger partial charge in [0, 0.05) is 23.9 Å². The van der Waals surface area contributed by atoms with Crippen molar-refractivity contribution in [1.29, 1.82) is 0 Å². The molecule has 0 heterocycles. The normalized spacial score (nSPS) is 16.6. The molecule has 4 atom stereocenters. The maximum atomic E-state index is 13.0. The molecule has 0 aromatic heterocycles. The summed E-state index contributed by atoms with van der Waals surface area (Å²) in [5, 5.41) is 6.99. The van der Waals surface area contributed by atoms with E-state index in [1.807, 2.05) is 13.8 Å². The van der Waals surface area contributed by atoms with Crippen molar-refractivity contribution in [1.82, 2.24) is 10.6 Å². The molecule has 166 valence electrons. The molecular formula is C24H48N2O2. The van der Waals surface area contributed by atoms with Crippen LogP contribution in [0.2, 0.25) is 0 Å². The number of carbonyl (C=O) groups is 2. The lowest BCUT2D eigenvalue weighted by Crippen LogP contribution is -2.45. The van der Waals surface area contributed by atoms with Gasteiger partial charge in [-0.3, -0.25) is 9.59 Å². The van der Waals surface area contributed by atoms with Crippen LogP contribution in [-0.2, 0) is 9.59 Å². The lowest BCUT2D eigenvalue weighted by Gasteiger charge is -2.27. The summed E-state index contributed by atoms with van der Waals surface area (Å²) in [5.74, 6) is 1.67. The fourth-order valence-corrected chi connectivity index (χ4v) is 3.69. The van der Waals surface area contributed by atoms with Gasteiger partial charge in [0.15, 0.2) is 11.6 Å². The molecule has 2 unspecified atom stereocenters. The number of Topliss-reactive ketones (excluding diaryl/α,β-unsaturated/α-hetero) is 2. The first-order valence-electron chi connectivity index (χ1n) is 11.4. The van der Waals surface area contributed by atoms with Crippen molar-refractivity contribution in [2.24, 2.45) is 23.7 Å². The number of carbonyl (C=O) groups excluding carboxylic acids is 2. The molecule has 0 aliphatic rings. The smallest absolute Gasteiger partial charge is 0.152 e. The molecule has 0 rings (SSSR count). The first-order valence-corrected chi connectivity index (χ1v) is 11.4. The summed E-state index contributed by atoms with van der Waals surface area (Å²) < 4.78 is 0. The van der Waals surface area contributed by atoms with E-state index in [4.69, 9.17) is 0 Å². The molecule has 0 aromatic carbocycles. The minimum absolute atomic E-state index is 0.0311. The fourth-order valence-electron chi connectivity index (χ4n) is 3.69. The Kier molecular flexibility index (Phi) is 13.1. The zero-order valence-corrected chi connectivity index (χ0v) is 20.3. The van der Waals surface area contributed by atoms with E-state index in [0.717, 1.165) is 25.7 Å². The van der Waals surface area contributed by atoms with Gasteiger partial charge in [-0.05, 0) is 44.4 Å². The Labute approximate surface area is 175 Å². The monoisotopic (exact) mass is 396 g/mol. The SMILES string of the molecule is CC(C)C[C@H](NC(C)C)C(=O)C(C)CCC(C)N[C@H](CC(C)C)C(=O)C(C)C. The van der Waals surface area contributed by atoms with E-state index in [0.29, 0.717) is 29.4 Å². The third-order valence-electron chi connectivity index (χ3n) is 5.21. The number of hydrogen-bond donors (Lipinski definition) is 2. The van der Waals surface area contributed by atoms with E-state index >= 15 is 0 Å². The van der Waals surface area contributed by atoms with E-state index in [9.17, 15) is 9.59 Å². The largest absolute Gasteiger partial charge is 0.305 e. The molecule has 0 saturated carbocycles. The second-order valence-corrected chi connectivity index (χ2v) is 10.2. The molecule has 2 N–H and O–H groups in total. The van der Waals surface area contributed by atoms with Crippen LogP contribution in [0, 0.1) is 23.7 Å². The van der Waals surface area contributed by atoms with Gasteiger partial charge in [0.05, 0.1) is 12.1 Å². The van der Waals surface area contributed by atoms with Crippen molar-refractivity contribution in [2.75, 3.05) is 0 Å². The average molecular weight is 397 g/mol. The van der Waals surface area contributed by atoms with Gasteiger partial charge in [-0.25, -0.2) is 0 Å². The van der Waals surface area contributed by atoms with E-state index < -0.39 is 0 Å². The quantitative estimate of drug-likeness (QED) is 0.409. The number of hydrogen-bond acceptors (Lipinski definition) is 4. The minimum atomic E-state index is -0.0858. The zero-order chi connectivity index (χ0) is 22.0. The topological polar surface area (TPSA) is 58.2 Å². The van der Waals surface area contributed by atoms with Gasteiger partial charge >= 0.3 is 0 Å². The Bertz CT molecular complexity index is 448. The molecule has 0 amide bonds. The average Bonchev–Trinajstić information content (AvgIpc) is 2.55. The van der Waals surface area contributed by atoms with Crippen LogP contribution in [0.4, 0.5) is 0 Å². The highest BCUT2D eigenvalue weighted by atomic mass is 16.1. The van der Waals surface area contributed by atoms with Gasteiger partial charge in [-0.1, -0.05) is 62.3 Å². The van der Waals surface area contributed by atoms with Crippen LogP contribution in [0.15, 0.2) is 0 Å². The zero-order valence-electron chi connectivity index (χ0n) is 20.3. The van der Waals surface area contributed by atoms with Crippen LogP contribution in [-0.4, -0.2) is 35.7 Å². The van der Waals surface area contributed by atoms with E-state index in [1.165, 1.54) is 0 Å². The molecule has 4 nitrogen and oxygen atoms in total. The molecule has 0 radical (unpaired) electrons. The molecule has 0 aliphatic carbocycles. The van der Waals surface area contributed by atoms with Crippen LogP contribution in [0.3, 0.4) is 0 Å². The van der Waals surface area contributed by atoms with Gasteiger partial charge < -0.3 is 10.6 Å². The fraction of sp³-hybridized carbons (Fsp3) is 0.917. The van der Waals surface area contributed by atoms with Crippen LogP contribution >= 0.6 is 0 Å². The number of ketones is 2. The Morgan fingerprint density at radius 3 is 1.50 bits per heavy atom. The van der Waals surface area contributed by atoms with E-state index in [1.54, 1.807) is 0 Å². The highest BCUT2D eigenvalue weighted by Gasteiger charge is 2.27. The number of nitrogens with one attached hydrogen (secondary N) is 2. The summed E-state index contributed by atoms with van der Waals surface area (Å²) in [5.41, 5.74) is 0. The second-order valence-electron chi connectivity index (χ2n) is 10.2. The molecule has 28 heavy (non-hydrogen) atoms. The summed E-state index contributed by atoms with van der Waals surface area (Å²) in [6.45, 7) is 21.0. The first kappa shape index (κ1) is 27.3. The minimum Gasteiger partial charge on any atom is -0.305 e. The van der Waals surface area contributed by atoms with Crippen LogP contribution in [0.1, 0.15) is 94.9 Å². The Balaban J connectivity index is 4.76. The van der Waals surface area contributed by atoms with Crippen molar-refractivity contribution >= 4 is 11.6 Å². The van der Waals surface area contributed by atoms with E-state index in [-0.39, 0.29) is 30.0 Å². The summed E-state index contributed by atoms with van der Waals surface area (Å²) >= 11 is 0. The third-order valence-corrected chi connectivity index (χ3v) is 5.21. The summed E-state index contributed by atoms with van der Waals surface area (Å²) in [4.78, 5) is 25.5. The third kappa shape index (κ3) is 11.3. The summed E-state index contributed by atoms with van der Waals surface area (Å²) in [7, 11) is 0. The molecule has 0 bridgehead atoms. The lowest BCUT2D eigenvalue weighted by atomic mass is 9.88. The Morgan fingerprint density at radius 1 is 0.643 bits per heavy atom. The highest BCUT2D eigenvalue weighted by molar-refractivity contribution is 5.86. The van der Waals surface area contributed by atoms with Gasteiger partial charge in [0.25, 0.3) is 0 Å². The molecule has 0 aliphatic heterocycles. The Hall–Kier alpha value is -0.740. The molecule has 4 heteroatoms. The van der Waals surface area contributed by atoms with E-state index in [2.05, 4.69) is 66.0 Å². The first-order chi connectivity index (χ1) is 12.8.